The van der Waals surface area contributed by atoms with Crippen LogP contribution in [0.3, 0.4) is 0 Å². The highest BCUT2D eigenvalue weighted by atomic mass is 32.1. The SMILES string of the molecule is CC(C)(C)c1ccc2c(c1)B1c3sc4ccccc4c3N3c4c(ccc(c41)[N+]21c2ccccc2-c2ccccc21)C1(C)CCCCC31C. The summed E-state index contributed by atoms with van der Waals surface area (Å²) < 4.78 is 3.60. The van der Waals surface area contributed by atoms with Gasteiger partial charge in [-0.1, -0.05) is 101 Å². The molecule has 1 aromatic heterocycles. The monoisotopic (exact) mass is 639 g/mol. The predicted molar refractivity (Wildman–Crippen MR) is 207 cm³/mol. The molecule has 5 aromatic carbocycles. The maximum Gasteiger partial charge on any atom is 0.274 e. The molecule has 2 atom stereocenters. The minimum atomic E-state index is 0.0193. The number of thiophene rings is 1. The van der Waals surface area contributed by atoms with E-state index in [-0.39, 0.29) is 23.1 Å². The van der Waals surface area contributed by atoms with Crippen LogP contribution in [0, 0.1) is 0 Å². The van der Waals surface area contributed by atoms with Gasteiger partial charge in [0.2, 0.25) is 0 Å². The molecule has 0 radical (unpaired) electrons. The molecule has 11 rings (SSSR count). The number of para-hydroxylation sites is 2. The Labute approximate surface area is 288 Å². The maximum atomic E-state index is 2.91. The van der Waals surface area contributed by atoms with Crippen LogP contribution in [0.15, 0.2) is 103 Å². The molecule has 48 heavy (non-hydrogen) atoms. The first kappa shape index (κ1) is 27.8. The molecule has 4 aliphatic heterocycles. The number of quaternary nitrogens is 1. The summed E-state index contributed by atoms with van der Waals surface area (Å²) in [4.78, 5) is 2.91. The van der Waals surface area contributed by atoms with E-state index in [2.05, 4.69) is 143 Å². The lowest BCUT2D eigenvalue weighted by Gasteiger charge is -2.52. The summed E-state index contributed by atoms with van der Waals surface area (Å²) in [5.74, 6) is 0. The zero-order valence-corrected chi connectivity index (χ0v) is 29.3. The smallest absolute Gasteiger partial charge is 0.274 e. The van der Waals surface area contributed by atoms with Crippen molar-refractivity contribution in [1.29, 1.82) is 0 Å². The van der Waals surface area contributed by atoms with E-state index in [0.717, 1.165) is 0 Å². The van der Waals surface area contributed by atoms with E-state index in [9.17, 15) is 0 Å². The van der Waals surface area contributed by atoms with Crippen LogP contribution in [0.25, 0.3) is 21.2 Å². The average molecular weight is 640 g/mol. The van der Waals surface area contributed by atoms with Crippen LogP contribution in [-0.4, -0.2) is 12.3 Å². The predicted octanol–water partition coefficient (Wildman–Crippen LogP) is 10.4. The van der Waals surface area contributed by atoms with Crippen LogP contribution in [0.4, 0.5) is 34.1 Å². The zero-order valence-electron chi connectivity index (χ0n) is 28.5. The van der Waals surface area contributed by atoms with Crippen molar-refractivity contribution >= 4 is 78.0 Å². The molecule has 5 heterocycles. The summed E-state index contributed by atoms with van der Waals surface area (Å²) in [6.45, 7) is 12.5. The molecular weight excluding hydrogens is 599 g/mol. The minimum absolute atomic E-state index is 0.0193. The second-order valence-corrected chi connectivity index (χ2v) is 17.6. The second-order valence-electron chi connectivity index (χ2n) is 16.5. The summed E-state index contributed by atoms with van der Waals surface area (Å²) in [5.41, 5.74) is 17.5. The molecule has 0 saturated heterocycles. The van der Waals surface area contributed by atoms with Gasteiger partial charge < -0.3 is 4.90 Å². The van der Waals surface area contributed by atoms with E-state index < -0.39 is 0 Å². The Morgan fingerprint density at radius 3 is 2.12 bits per heavy atom. The number of fused-ring (bicyclic) bond motifs is 17. The molecule has 2 nitrogen and oxygen atoms in total. The zero-order chi connectivity index (χ0) is 32.4. The number of anilines is 2. The Morgan fingerprint density at radius 1 is 0.708 bits per heavy atom. The van der Waals surface area contributed by atoms with Crippen LogP contribution in [0.1, 0.15) is 71.4 Å². The molecule has 0 amide bonds. The Balaban J connectivity index is 1.37. The molecule has 6 aromatic rings. The topological polar surface area (TPSA) is 3.24 Å². The van der Waals surface area contributed by atoms with Crippen LogP contribution in [0.5, 0.6) is 0 Å². The highest BCUT2D eigenvalue weighted by Crippen LogP contribution is 2.67. The van der Waals surface area contributed by atoms with Gasteiger partial charge in [-0.25, -0.2) is 0 Å². The van der Waals surface area contributed by atoms with E-state index in [1.165, 1.54) is 96.8 Å². The van der Waals surface area contributed by atoms with E-state index in [4.69, 9.17) is 0 Å². The first-order chi connectivity index (χ1) is 23.2. The summed E-state index contributed by atoms with van der Waals surface area (Å²) in [5, 5.41) is 1.43. The van der Waals surface area contributed by atoms with Crippen molar-refractivity contribution in [2.24, 2.45) is 0 Å². The van der Waals surface area contributed by atoms with Crippen molar-refractivity contribution in [2.45, 2.75) is 76.7 Å². The molecule has 1 spiro atoms. The summed E-state index contributed by atoms with van der Waals surface area (Å²) in [6.07, 6.45) is 5.05. The Bertz CT molecular complexity index is 2370. The molecule has 5 aliphatic rings. The lowest BCUT2D eigenvalue weighted by atomic mass is 9.35. The molecule has 1 fully saturated rings. The number of nitrogens with zero attached hydrogens (tertiary/aromatic N) is 2. The minimum Gasteiger partial charge on any atom is -0.334 e. The summed E-state index contributed by atoms with van der Waals surface area (Å²) in [7, 11) is 0. The average Bonchev–Trinajstić information content (AvgIpc) is 3.68. The summed E-state index contributed by atoms with van der Waals surface area (Å²) >= 11 is 2.05. The number of hydrogen-bond acceptors (Lipinski definition) is 2. The van der Waals surface area contributed by atoms with E-state index >= 15 is 0 Å². The molecule has 234 valence electrons. The first-order valence-electron chi connectivity index (χ1n) is 17.9. The van der Waals surface area contributed by atoms with Crippen molar-refractivity contribution in [2.75, 3.05) is 4.90 Å². The Morgan fingerprint density at radius 2 is 1.38 bits per heavy atom. The highest BCUT2D eigenvalue weighted by molar-refractivity contribution is 7.33. The first-order valence-corrected chi connectivity index (χ1v) is 18.7. The molecule has 2 unspecified atom stereocenters. The normalized spacial score (nSPS) is 23.4. The van der Waals surface area contributed by atoms with Crippen molar-refractivity contribution in [3.8, 4) is 11.1 Å². The fourth-order valence-corrected chi connectivity index (χ4v) is 12.3. The molecule has 0 N–H and O–H groups in total. The van der Waals surface area contributed by atoms with Gasteiger partial charge in [0.15, 0.2) is 11.4 Å². The van der Waals surface area contributed by atoms with Crippen molar-refractivity contribution in [1.82, 2.24) is 4.48 Å². The quantitative estimate of drug-likeness (QED) is 0.118. The molecule has 0 bridgehead atoms. The molecule has 1 saturated carbocycles. The van der Waals surface area contributed by atoms with Crippen LogP contribution >= 0.6 is 11.3 Å². The number of hydrogen-bond donors (Lipinski definition) is 0. The maximum absolute atomic E-state index is 2.91. The van der Waals surface area contributed by atoms with Gasteiger partial charge in [0.05, 0.1) is 22.4 Å². The van der Waals surface area contributed by atoms with Crippen LogP contribution < -0.4 is 25.1 Å². The van der Waals surface area contributed by atoms with Gasteiger partial charge in [-0.15, -0.1) is 11.3 Å². The fraction of sp³-hybridized carbons (Fsp3) is 0.273. The van der Waals surface area contributed by atoms with Gasteiger partial charge in [-0.05, 0) is 60.0 Å². The van der Waals surface area contributed by atoms with E-state index in [0.29, 0.717) is 4.48 Å². The Hall–Kier alpha value is -4.12. The third-order valence-corrected chi connectivity index (χ3v) is 14.6. The van der Waals surface area contributed by atoms with Crippen molar-refractivity contribution in [3.63, 3.8) is 0 Å². The third-order valence-electron chi connectivity index (χ3n) is 13.4. The fourth-order valence-electron chi connectivity index (χ4n) is 11.0. The van der Waals surface area contributed by atoms with Crippen LogP contribution in [-0.2, 0) is 10.8 Å². The molecule has 1 aliphatic carbocycles. The lowest BCUT2D eigenvalue weighted by Crippen LogP contribution is -2.65. The number of rotatable bonds is 0. The standard InChI is InChI=1S/C44H40BN2S/c1-42(2,3)27-20-22-35-32(26-27)45-38-36(47(35)33-17-9-6-14-28(33)29-15-7-10-18-34(29)47)23-21-31-40(38)46(44(5)25-13-12-24-43(31,44)4)39-30-16-8-11-19-37(30)48-41(39)45/h6-11,14-23,26H,12-13,24-25H2,1-5H3/q+1. The Kier molecular flexibility index (Phi) is 5.05. The molecular formula is C44H40BN2S+. The van der Waals surface area contributed by atoms with E-state index in [1.54, 1.807) is 11.0 Å². The van der Waals surface area contributed by atoms with Crippen molar-refractivity contribution in [3.05, 3.63) is 114 Å². The lowest BCUT2D eigenvalue weighted by molar-refractivity contribution is 0.195. The van der Waals surface area contributed by atoms with Gasteiger partial charge in [-0.2, -0.15) is 4.48 Å². The third kappa shape index (κ3) is 2.92. The van der Waals surface area contributed by atoms with Crippen LogP contribution in [0.2, 0.25) is 0 Å². The number of benzene rings is 5. The van der Waals surface area contributed by atoms with Gasteiger partial charge in [0.1, 0.15) is 11.4 Å². The largest absolute Gasteiger partial charge is 0.334 e. The van der Waals surface area contributed by atoms with Gasteiger partial charge in [-0.3, -0.25) is 0 Å². The molecule has 4 heteroatoms. The van der Waals surface area contributed by atoms with Gasteiger partial charge in [0, 0.05) is 55.7 Å². The van der Waals surface area contributed by atoms with Crippen molar-refractivity contribution < 1.29 is 0 Å². The summed E-state index contributed by atoms with van der Waals surface area (Å²) in [6, 6.07) is 40.4. The highest BCUT2D eigenvalue weighted by Gasteiger charge is 2.65. The van der Waals surface area contributed by atoms with Gasteiger partial charge >= 0.3 is 0 Å². The second kappa shape index (κ2) is 8.72. The van der Waals surface area contributed by atoms with Gasteiger partial charge in [0.25, 0.3) is 6.71 Å². The van der Waals surface area contributed by atoms with E-state index in [1.807, 2.05) is 11.3 Å².